The zero-order valence-corrected chi connectivity index (χ0v) is 10.9. The van der Waals surface area contributed by atoms with Gasteiger partial charge in [0.15, 0.2) is 6.29 Å². The fourth-order valence-electron chi connectivity index (χ4n) is 2.25. The highest BCUT2D eigenvalue weighted by Gasteiger charge is 2.12. The van der Waals surface area contributed by atoms with Crippen molar-refractivity contribution in [1.29, 1.82) is 0 Å². The maximum atomic E-state index is 5.53. The van der Waals surface area contributed by atoms with Crippen LogP contribution in [0.4, 0.5) is 0 Å². The molecule has 1 fully saturated rings. The van der Waals surface area contributed by atoms with Crippen molar-refractivity contribution in [2.24, 2.45) is 0 Å². The maximum Gasteiger partial charge on any atom is 0.157 e. The molecule has 0 aromatic carbocycles. The second-order valence-electron chi connectivity index (χ2n) is 4.38. The van der Waals surface area contributed by atoms with E-state index in [1.54, 1.807) is 0 Å². The third-order valence-electron chi connectivity index (χ3n) is 3.07. The Balaban J connectivity index is 2.06. The first-order chi connectivity index (χ1) is 7.86. The van der Waals surface area contributed by atoms with Gasteiger partial charge < -0.3 is 14.4 Å². The van der Waals surface area contributed by atoms with Crippen LogP contribution in [0, 0.1) is 0 Å². The SMILES string of the molecule is CCOC(CCCN1CCCCC1)OCC. The lowest BCUT2D eigenvalue weighted by molar-refractivity contribution is -0.140. The first-order valence-electron chi connectivity index (χ1n) is 6.82. The van der Waals surface area contributed by atoms with Gasteiger partial charge in [-0.25, -0.2) is 0 Å². The lowest BCUT2D eigenvalue weighted by atomic mass is 10.1. The topological polar surface area (TPSA) is 21.7 Å². The Labute approximate surface area is 100 Å². The van der Waals surface area contributed by atoms with Crippen LogP contribution in [-0.4, -0.2) is 44.0 Å². The molecule has 1 saturated heterocycles. The highest BCUT2D eigenvalue weighted by Crippen LogP contribution is 2.11. The Bertz CT molecular complexity index is 152. The van der Waals surface area contributed by atoms with Gasteiger partial charge in [-0.05, 0) is 59.2 Å². The molecule has 0 aromatic heterocycles. The third-order valence-corrected chi connectivity index (χ3v) is 3.07. The highest BCUT2D eigenvalue weighted by atomic mass is 16.7. The Kier molecular flexibility index (Phi) is 7.81. The normalized spacial score (nSPS) is 18.2. The number of piperidine rings is 1. The van der Waals surface area contributed by atoms with Gasteiger partial charge in [0, 0.05) is 13.2 Å². The molecule has 1 aliphatic heterocycles. The first kappa shape index (κ1) is 13.9. The maximum absolute atomic E-state index is 5.53. The Hall–Kier alpha value is -0.120. The van der Waals surface area contributed by atoms with E-state index in [0.29, 0.717) is 0 Å². The number of rotatable bonds is 8. The van der Waals surface area contributed by atoms with Crippen molar-refractivity contribution in [1.82, 2.24) is 4.90 Å². The fraction of sp³-hybridized carbons (Fsp3) is 1.00. The molecule has 1 aliphatic rings. The second-order valence-corrected chi connectivity index (χ2v) is 4.38. The van der Waals surface area contributed by atoms with Crippen molar-refractivity contribution in [3.63, 3.8) is 0 Å². The average Bonchev–Trinajstić information content (AvgIpc) is 2.31. The van der Waals surface area contributed by atoms with Crippen LogP contribution < -0.4 is 0 Å². The molecule has 3 nitrogen and oxygen atoms in total. The van der Waals surface area contributed by atoms with E-state index in [9.17, 15) is 0 Å². The lowest BCUT2D eigenvalue weighted by Crippen LogP contribution is -2.31. The Morgan fingerprint density at radius 2 is 1.62 bits per heavy atom. The summed E-state index contributed by atoms with van der Waals surface area (Å²) in [5.41, 5.74) is 0. The van der Waals surface area contributed by atoms with Gasteiger partial charge in [0.25, 0.3) is 0 Å². The molecule has 0 aromatic rings. The molecule has 0 bridgehead atoms. The Morgan fingerprint density at radius 1 is 1.00 bits per heavy atom. The molecular weight excluding hydrogens is 202 g/mol. The molecule has 0 atom stereocenters. The van der Waals surface area contributed by atoms with Crippen LogP contribution >= 0.6 is 0 Å². The predicted octanol–water partition coefficient (Wildman–Crippen LogP) is 2.65. The van der Waals surface area contributed by atoms with E-state index in [2.05, 4.69) is 4.90 Å². The van der Waals surface area contributed by atoms with Crippen LogP contribution in [0.1, 0.15) is 46.0 Å². The largest absolute Gasteiger partial charge is 0.353 e. The van der Waals surface area contributed by atoms with Gasteiger partial charge in [-0.1, -0.05) is 6.42 Å². The van der Waals surface area contributed by atoms with Crippen molar-refractivity contribution in [3.8, 4) is 0 Å². The summed E-state index contributed by atoms with van der Waals surface area (Å²) in [6, 6.07) is 0. The van der Waals surface area contributed by atoms with Gasteiger partial charge in [-0.2, -0.15) is 0 Å². The standard InChI is InChI=1S/C13H27NO2/c1-3-15-13(16-4-2)9-8-12-14-10-6-5-7-11-14/h13H,3-12H2,1-2H3. The van der Waals surface area contributed by atoms with Crippen molar-refractivity contribution < 1.29 is 9.47 Å². The molecule has 0 N–H and O–H groups in total. The van der Waals surface area contributed by atoms with Gasteiger partial charge in [0.2, 0.25) is 0 Å². The smallest absolute Gasteiger partial charge is 0.157 e. The van der Waals surface area contributed by atoms with Crippen LogP contribution in [-0.2, 0) is 9.47 Å². The molecule has 1 rings (SSSR count). The first-order valence-corrected chi connectivity index (χ1v) is 6.82. The summed E-state index contributed by atoms with van der Waals surface area (Å²) in [6.45, 7) is 9.31. The summed E-state index contributed by atoms with van der Waals surface area (Å²) in [7, 11) is 0. The van der Waals surface area contributed by atoms with Crippen LogP contribution in [0.3, 0.4) is 0 Å². The molecule has 0 radical (unpaired) electrons. The fourth-order valence-corrected chi connectivity index (χ4v) is 2.25. The highest BCUT2D eigenvalue weighted by molar-refractivity contribution is 4.64. The summed E-state index contributed by atoms with van der Waals surface area (Å²) < 4.78 is 11.1. The summed E-state index contributed by atoms with van der Waals surface area (Å²) in [5.74, 6) is 0. The molecule has 1 heterocycles. The molecule has 16 heavy (non-hydrogen) atoms. The Morgan fingerprint density at radius 3 is 2.19 bits per heavy atom. The van der Waals surface area contributed by atoms with Crippen LogP contribution in [0.25, 0.3) is 0 Å². The molecular formula is C13H27NO2. The predicted molar refractivity (Wildman–Crippen MR) is 66.6 cm³/mol. The van der Waals surface area contributed by atoms with Crippen molar-refractivity contribution in [2.45, 2.75) is 52.2 Å². The summed E-state index contributed by atoms with van der Waals surface area (Å²) >= 11 is 0. The third kappa shape index (κ3) is 5.83. The van der Waals surface area contributed by atoms with Crippen LogP contribution in [0.15, 0.2) is 0 Å². The molecule has 0 aliphatic carbocycles. The molecule has 3 heteroatoms. The minimum absolute atomic E-state index is 0.0137. The van der Waals surface area contributed by atoms with Gasteiger partial charge in [-0.15, -0.1) is 0 Å². The van der Waals surface area contributed by atoms with Crippen molar-refractivity contribution in [2.75, 3.05) is 32.8 Å². The van der Waals surface area contributed by atoms with Crippen molar-refractivity contribution >= 4 is 0 Å². The quantitative estimate of drug-likeness (QED) is 0.597. The molecule has 0 unspecified atom stereocenters. The average molecular weight is 229 g/mol. The number of hydrogen-bond donors (Lipinski definition) is 0. The minimum atomic E-state index is 0.0137. The van der Waals surface area contributed by atoms with E-state index in [1.165, 1.54) is 45.3 Å². The van der Waals surface area contributed by atoms with Crippen LogP contribution in [0.2, 0.25) is 0 Å². The minimum Gasteiger partial charge on any atom is -0.353 e. The molecule has 0 amide bonds. The number of hydrogen-bond acceptors (Lipinski definition) is 3. The van der Waals surface area contributed by atoms with Gasteiger partial charge in [0.05, 0.1) is 0 Å². The van der Waals surface area contributed by atoms with Gasteiger partial charge in [0.1, 0.15) is 0 Å². The van der Waals surface area contributed by atoms with Gasteiger partial charge in [-0.3, -0.25) is 0 Å². The number of likely N-dealkylation sites (tertiary alicyclic amines) is 1. The lowest BCUT2D eigenvalue weighted by Gasteiger charge is -2.27. The van der Waals surface area contributed by atoms with Crippen molar-refractivity contribution in [3.05, 3.63) is 0 Å². The monoisotopic (exact) mass is 229 g/mol. The zero-order chi connectivity index (χ0) is 11.6. The second kappa shape index (κ2) is 8.97. The van der Waals surface area contributed by atoms with Crippen LogP contribution in [0.5, 0.6) is 0 Å². The molecule has 0 saturated carbocycles. The summed E-state index contributed by atoms with van der Waals surface area (Å²) in [5, 5.41) is 0. The van der Waals surface area contributed by atoms with E-state index in [4.69, 9.17) is 9.47 Å². The van der Waals surface area contributed by atoms with E-state index in [-0.39, 0.29) is 6.29 Å². The van der Waals surface area contributed by atoms with E-state index < -0.39 is 0 Å². The number of ether oxygens (including phenoxy) is 2. The number of nitrogens with zero attached hydrogens (tertiary/aromatic N) is 1. The molecule has 0 spiro atoms. The van der Waals surface area contributed by atoms with E-state index in [1.807, 2.05) is 13.8 Å². The molecule has 96 valence electrons. The van der Waals surface area contributed by atoms with Gasteiger partial charge >= 0.3 is 0 Å². The zero-order valence-electron chi connectivity index (χ0n) is 10.9. The summed E-state index contributed by atoms with van der Waals surface area (Å²) in [6.07, 6.45) is 6.39. The van der Waals surface area contributed by atoms with E-state index in [0.717, 1.165) is 19.6 Å². The van der Waals surface area contributed by atoms with E-state index >= 15 is 0 Å². The summed E-state index contributed by atoms with van der Waals surface area (Å²) in [4.78, 5) is 2.57.